The van der Waals surface area contributed by atoms with E-state index >= 15 is 0 Å². The molecule has 2 rings (SSSR count). The third-order valence-electron chi connectivity index (χ3n) is 3.09. The number of halogens is 1. The van der Waals surface area contributed by atoms with Gasteiger partial charge in [0.1, 0.15) is 5.75 Å². The first-order valence-corrected chi connectivity index (χ1v) is 8.74. The van der Waals surface area contributed by atoms with Crippen LogP contribution in [0.1, 0.15) is 0 Å². The average Bonchev–Trinajstić information content (AvgIpc) is 2.62. The third kappa shape index (κ3) is 4.27. The summed E-state index contributed by atoms with van der Waals surface area (Å²) in [5.74, 6) is 4.43. The van der Waals surface area contributed by atoms with Gasteiger partial charge in [-0.25, -0.2) is 14.3 Å². The van der Waals surface area contributed by atoms with Gasteiger partial charge in [0.25, 0.3) is 5.91 Å². The van der Waals surface area contributed by atoms with Crippen LogP contribution in [-0.4, -0.2) is 26.5 Å². The first-order chi connectivity index (χ1) is 11.9. The van der Waals surface area contributed by atoms with Gasteiger partial charge in [0.05, 0.1) is 17.7 Å². The Bertz CT molecular complexity index is 898. The number of anilines is 1. The lowest BCUT2D eigenvalue weighted by Gasteiger charge is -2.10. The van der Waals surface area contributed by atoms with E-state index in [2.05, 4.69) is 10.5 Å². The van der Waals surface area contributed by atoms with Crippen molar-refractivity contribution in [1.29, 1.82) is 0 Å². The molecule has 0 aliphatic carbocycles. The lowest BCUT2D eigenvalue weighted by atomic mass is 10.3. The SMILES string of the molecule is COc1ccccc1N/N=C(/C(=O)NN)S(=O)(=O)c1ccc(Cl)cc1. The first-order valence-electron chi connectivity index (χ1n) is 6.88. The quantitative estimate of drug-likeness (QED) is 0.242. The van der Waals surface area contributed by atoms with Gasteiger partial charge >= 0.3 is 0 Å². The Labute approximate surface area is 149 Å². The van der Waals surface area contributed by atoms with Crippen molar-refractivity contribution in [2.24, 2.45) is 10.9 Å². The van der Waals surface area contributed by atoms with Gasteiger partial charge in [0.2, 0.25) is 14.9 Å². The number of carbonyl (C=O) groups is 1. The number of hydrogen-bond donors (Lipinski definition) is 3. The fourth-order valence-corrected chi connectivity index (χ4v) is 3.18. The first kappa shape index (κ1) is 18.7. The van der Waals surface area contributed by atoms with Gasteiger partial charge in [-0.15, -0.1) is 0 Å². The molecule has 0 radical (unpaired) electrons. The lowest BCUT2D eigenvalue weighted by Crippen LogP contribution is -2.40. The van der Waals surface area contributed by atoms with E-state index in [4.69, 9.17) is 22.2 Å². The van der Waals surface area contributed by atoms with E-state index in [-0.39, 0.29) is 4.90 Å². The van der Waals surface area contributed by atoms with Crippen LogP contribution in [0, 0.1) is 0 Å². The normalized spacial score (nSPS) is 11.7. The van der Waals surface area contributed by atoms with Crippen molar-refractivity contribution < 1.29 is 17.9 Å². The molecule has 10 heteroatoms. The number of nitrogens with two attached hydrogens (primary N) is 1. The Balaban J connectivity index is 2.45. The van der Waals surface area contributed by atoms with E-state index in [1.54, 1.807) is 29.7 Å². The molecule has 0 heterocycles. The summed E-state index contributed by atoms with van der Waals surface area (Å²) < 4.78 is 30.4. The number of methoxy groups -OCH3 is 1. The van der Waals surface area contributed by atoms with Crippen molar-refractivity contribution >= 4 is 38.1 Å². The molecular formula is C15H15ClN4O4S. The summed E-state index contributed by atoms with van der Waals surface area (Å²) >= 11 is 5.76. The van der Waals surface area contributed by atoms with Crippen molar-refractivity contribution in [2.45, 2.75) is 4.90 Å². The zero-order valence-corrected chi connectivity index (χ0v) is 14.6. The van der Waals surface area contributed by atoms with E-state index < -0.39 is 20.8 Å². The number of hydrazone groups is 1. The molecule has 0 aliphatic rings. The highest BCUT2D eigenvalue weighted by Crippen LogP contribution is 2.23. The Hall–Kier alpha value is -2.62. The second kappa shape index (κ2) is 7.97. The van der Waals surface area contributed by atoms with E-state index in [0.717, 1.165) is 0 Å². The predicted molar refractivity (Wildman–Crippen MR) is 95.0 cm³/mol. The highest BCUT2D eigenvalue weighted by Gasteiger charge is 2.29. The molecule has 132 valence electrons. The second-order valence-electron chi connectivity index (χ2n) is 4.66. The molecule has 0 spiro atoms. The highest BCUT2D eigenvalue weighted by atomic mass is 35.5. The van der Waals surface area contributed by atoms with E-state index in [0.29, 0.717) is 16.5 Å². The number of hydrogen-bond acceptors (Lipinski definition) is 7. The molecule has 25 heavy (non-hydrogen) atoms. The minimum absolute atomic E-state index is 0.152. The topological polar surface area (TPSA) is 123 Å². The summed E-state index contributed by atoms with van der Waals surface area (Å²) in [6.45, 7) is 0. The van der Waals surface area contributed by atoms with Gasteiger partial charge in [-0.1, -0.05) is 23.7 Å². The monoisotopic (exact) mass is 382 g/mol. The Kier molecular flexibility index (Phi) is 5.97. The number of hydrazine groups is 1. The van der Waals surface area contributed by atoms with Gasteiger partial charge in [0, 0.05) is 5.02 Å². The van der Waals surface area contributed by atoms with E-state index in [9.17, 15) is 13.2 Å². The van der Waals surface area contributed by atoms with Crippen molar-refractivity contribution in [3.05, 3.63) is 53.6 Å². The number of nitrogens with zero attached hydrogens (tertiary/aromatic N) is 1. The van der Waals surface area contributed by atoms with Crippen LogP contribution in [0.5, 0.6) is 5.75 Å². The number of sulfone groups is 1. The Morgan fingerprint density at radius 2 is 1.80 bits per heavy atom. The number of para-hydroxylation sites is 2. The Morgan fingerprint density at radius 1 is 1.16 bits per heavy atom. The molecule has 2 aromatic rings. The molecule has 2 aromatic carbocycles. The highest BCUT2D eigenvalue weighted by molar-refractivity contribution is 8.08. The molecule has 0 atom stereocenters. The fourth-order valence-electron chi connectivity index (χ4n) is 1.87. The number of amides is 1. The molecule has 0 fully saturated rings. The van der Waals surface area contributed by atoms with Crippen molar-refractivity contribution in [3.63, 3.8) is 0 Å². The van der Waals surface area contributed by atoms with Crippen LogP contribution in [0.2, 0.25) is 5.02 Å². The van der Waals surface area contributed by atoms with Gasteiger partial charge in [-0.3, -0.25) is 15.6 Å². The van der Waals surface area contributed by atoms with Gasteiger partial charge in [-0.2, -0.15) is 5.10 Å². The third-order valence-corrected chi connectivity index (χ3v) is 5.02. The second-order valence-corrected chi connectivity index (χ2v) is 6.96. The van der Waals surface area contributed by atoms with Gasteiger partial charge in [0.15, 0.2) is 0 Å². The molecule has 0 bridgehead atoms. The zero-order chi connectivity index (χ0) is 18.4. The van der Waals surface area contributed by atoms with Crippen molar-refractivity contribution in [3.8, 4) is 5.75 Å². The van der Waals surface area contributed by atoms with Crippen LogP contribution >= 0.6 is 11.6 Å². The minimum Gasteiger partial charge on any atom is -0.495 e. The van der Waals surface area contributed by atoms with Crippen LogP contribution in [-0.2, 0) is 14.6 Å². The smallest absolute Gasteiger partial charge is 0.297 e. The molecule has 0 aromatic heterocycles. The maximum absolute atomic E-state index is 12.7. The molecule has 8 nitrogen and oxygen atoms in total. The Morgan fingerprint density at radius 3 is 2.40 bits per heavy atom. The summed E-state index contributed by atoms with van der Waals surface area (Å²) in [6, 6.07) is 12.0. The number of nitrogens with one attached hydrogen (secondary N) is 2. The van der Waals surface area contributed by atoms with E-state index in [1.807, 2.05) is 0 Å². The fraction of sp³-hybridized carbons (Fsp3) is 0.0667. The van der Waals surface area contributed by atoms with Crippen molar-refractivity contribution in [1.82, 2.24) is 5.43 Å². The summed E-state index contributed by atoms with van der Waals surface area (Å²) in [4.78, 5) is 11.8. The van der Waals surface area contributed by atoms with Gasteiger partial charge < -0.3 is 4.74 Å². The molecule has 0 saturated heterocycles. The van der Waals surface area contributed by atoms with Crippen LogP contribution in [0.25, 0.3) is 0 Å². The molecule has 0 unspecified atom stereocenters. The van der Waals surface area contributed by atoms with Crippen LogP contribution in [0.4, 0.5) is 5.69 Å². The molecule has 0 aliphatic heterocycles. The van der Waals surface area contributed by atoms with Crippen LogP contribution < -0.4 is 21.4 Å². The minimum atomic E-state index is -4.22. The summed E-state index contributed by atoms with van der Waals surface area (Å²) in [7, 11) is -2.78. The number of ether oxygens (including phenoxy) is 1. The maximum atomic E-state index is 12.7. The number of rotatable bonds is 4. The summed E-state index contributed by atoms with van der Waals surface area (Å²) in [5, 5.41) is 3.27. The zero-order valence-electron chi connectivity index (χ0n) is 13.1. The molecular weight excluding hydrogens is 368 g/mol. The lowest BCUT2D eigenvalue weighted by molar-refractivity contribution is -0.114. The number of benzene rings is 2. The largest absolute Gasteiger partial charge is 0.495 e. The molecule has 4 N–H and O–H groups in total. The van der Waals surface area contributed by atoms with Crippen LogP contribution in [0.3, 0.4) is 0 Å². The predicted octanol–water partition coefficient (Wildman–Crippen LogP) is 1.54. The molecule has 0 saturated carbocycles. The van der Waals surface area contributed by atoms with Crippen LogP contribution in [0.15, 0.2) is 58.5 Å². The maximum Gasteiger partial charge on any atom is 0.297 e. The summed E-state index contributed by atoms with van der Waals surface area (Å²) in [6.07, 6.45) is 0. The van der Waals surface area contributed by atoms with Crippen molar-refractivity contribution in [2.75, 3.05) is 12.5 Å². The molecule has 1 amide bonds. The van der Waals surface area contributed by atoms with Gasteiger partial charge in [-0.05, 0) is 36.4 Å². The standard InChI is InChI=1S/C15H15ClN4O4S/c1-24-13-5-3-2-4-12(13)19-20-15(14(21)18-17)25(22,23)11-8-6-10(16)7-9-11/h2-9,19H,17H2,1H3,(H,18,21)/b20-15-. The summed E-state index contributed by atoms with van der Waals surface area (Å²) in [5.41, 5.74) is 4.65. The van der Waals surface area contributed by atoms with E-state index in [1.165, 1.54) is 31.4 Å². The average molecular weight is 383 g/mol. The number of carbonyl (C=O) groups excluding carboxylic acids is 1.